The third-order valence-corrected chi connectivity index (χ3v) is 5.77. The number of pyridine rings is 2. The van der Waals surface area contributed by atoms with E-state index < -0.39 is 0 Å². The minimum atomic E-state index is 0.279. The molecule has 0 aliphatic carbocycles. The van der Waals surface area contributed by atoms with Gasteiger partial charge in [0.25, 0.3) is 0 Å². The zero-order chi connectivity index (χ0) is 24.1. The number of allylic oxidation sites excluding steroid dienone is 1. The molecule has 0 fully saturated rings. The number of aryl methyl sites for hydroxylation is 2. The van der Waals surface area contributed by atoms with E-state index in [0.717, 1.165) is 41.8 Å². The van der Waals surface area contributed by atoms with Gasteiger partial charge >= 0.3 is 0 Å². The van der Waals surface area contributed by atoms with E-state index in [-0.39, 0.29) is 10.3 Å². The van der Waals surface area contributed by atoms with E-state index in [2.05, 4.69) is 53.2 Å². The average Bonchev–Trinajstić information content (AvgIpc) is 3.03. The Morgan fingerprint density at radius 2 is 1.94 bits per heavy atom. The lowest BCUT2D eigenvalue weighted by Gasteiger charge is -2.28. The molecule has 3 heterocycles. The molecule has 0 atom stereocenters. The Hall–Kier alpha value is -2.82. The van der Waals surface area contributed by atoms with E-state index in [1.807, 2.05) is 18.7 Å². The number of nitrogens with zero attached hydrogens (tertiary/aromatic N) is 6. The Labute approximate surface area is 205 Å². The van der Waals surface area contributed by atoms with Crippen LogP contribution in [0.3, 0.4) is 0 Å². The summed E-state index contributed by atoms with van der Waals surface area (Å²) in [5.41, 5.74) is 4.66. The summed E-state index contributed by atoms with van der Waals surface area (Å²) in [5.74, 6) is 0.980. The van der Waals surface area contributed by atoms with Gasteiger partial charge in [-0.3, -0.25) is 4.68 Å². The van der Waals surface area contributed by atoms with Gasteiger partial charge in [-0.2, -0.15) is 10.4 Å². The molecule has 3 rings (SSSR count). The summed E-state index contributed by atoms with van der Waals surface area (Å²) >= 11 is 12.1. The maximum absolute atomic E-state index is 9.48. The Morgan fingerprint density at radius 1 is 1.24 bits per heavy atom. The van der Waals surface area contributed by atoms with Gasteiger partial charge < -0.3 is 10.2 Å². The number of fused-ring (bicyclic) bond motifs is 1. The van der Waals surface area contributed by atoms with Crippen molar-refractivity contribution in [2.75, 3.05) is 11.9 Å². The van der Waals surface area contributed by atoms with Crippen LogP contribution in [0.1, 0.15) is 56.5 Å². The van der Waals surface area contributed by atoms with Crippen LogP contribution in [0.25, 0.3) is 11.0 Å². The van der Waals surface area contributed by atoms with Gasteiger partial charge in [0.2, 0.25) is 0 Å². The van der Waals surface area contributed by atoms with Gasteiger partial charge in [0.1, 0.15) is 16.1 Å². The van der Waals surface area contributed by atoms with E-state index in [4.69, 9.17) is 28.2 Å². The Morgan fingerprint density at radius 3 is 2.55 bits per heavy atom. The second-order valence-electron chi connectivity index (χ2n) is 8.33. The highest BCUT2D eigenvalue weighted by atomic mass is 35.5. The Kier molecular flexibility index (Phi) is 8.17. The number of aromatic nitrogens is 4. The molecule has 0 saturated carbocycles. The molecule has 3 aromatic heterocycles. The summed E-state index contributed by atoms with van der Waals surface area (Å²) in [6.45, 7) is 9.81. The third kappa shape index (κ3) is 5.95. The molecular formula is C24H29Cl2N7. The molecule has 0 aliphatic heterocycles. The van der Waals surface area contributed by atoms with Crippen LogP contribution in [-0.4, -0.2) is 31.2 Å². The number of unbranched alkanes of at least 4 members (excludes halogenated alkanes) is 1. The van der Waals surface area contributed by atoms with Crippen molar-refractivity contribution in [1.29, 1.82) is 5.26 Å². The molecule has 3 aromatic rings. The summed E-state index contributed by atoms with van der Waals surface area (Å²) in [7, 11) is 1.92. The topological polar surface area (TPSA) is 82.7 Å². The van der Waals surface area contributed by atoms with Crippen molar-refractivity contribution in [1.82, 2.24) is 24.6 Å². The van der Waals surface area contributed by atoms with Crippen molar-refractivity contribution in [2.45, 2.75) is 53.0 Å². The highest BCUT2D eigenvalue weighted by molar-refractivity contribution is 6.32. The zero-order valence-electron chi connectivity index (χ0n) is 19.7. The second-order valence-corrected chi connectivity index (χ2v) is 9.10. The second kappa shape index (κ2) is 10.9. The fourth-order valence-electron chi connectivity index (χ4n) is 3.85. The summed E-state index contributed by atoms with van der Waals surface area (Å²) < 4.78 is 1.83. The standard InChI is InChI=1S/C24H29Cl2N7/c1-6-7-10-33(22(8-9-27)28-17-12-20(25)30-21(26)13-17)14-18-11-19(15(2)3)23-16(4)31-32(5)24(23)29-18/h8,11-13,15H,6-7,10,14H2,1-5H3,(H,28,30)/b22-8+. The van der Waals surface area contributed by atoms with Crippen molar-refractivity contribution in [2.24, 2.45) is 7.05 Å². The fourth-order valence-corrected chi connectivity index (χ4v) is 4.31. The molecule has 7 nitrogen and oxygen atoms in total. The molecule has 1 N–H and O–H groups in total. The quantitative estimate of drug-likeness (QED) is 0.287. The van der Waals surface area contributed by atoms with Crippen molar-refractivity contribution >= 4 is 39.9 Å². The van der Waals surface area contributed by atoms with Crippen LogP contribution < -0.4 is 5.32 Å². The number of anilines is 1. The van der Waals surface area contributed by atoms with Crippen LogP contribution in [0.5, 0.6) is 0 Å². The number of halogens is 2. The van der Waals surface area contributed by atoms with Gasteiger partial charge in [-0.25, -0.2) is 9.97 Å². The Balaban J connectivity index is 2.01. The molecule has 0 aromatic carbocycles. The van der Waals surface area contributed by atoms with E-state index >= 15 is 0 Å². The van der Waals surface area contributed by atoms with Crippen molar-refractivity contribution < 1.29 is 0 Å². The zero-order valence-corrected chi connectivity index (χ0v) is 21.2. The molecule has 9 heteroatoms. The molecule has 0 unspecified atom stereocenters. The van der Waals surface area contributed by atoms with Gasteiger partial charge in [-0.1, -0.05) is 50.4 Å². The third-order valence-electron chi connectivity index (χ3n) is 5.39. The molecule has 0 saturated heterocycles. The molecule has 0 bridgehead atoms. The van der Waals surface area contributed by atoms with Crippen molar-refractivity contribution in [3.63, 3.8) is 0 Å². The molecular weight excluding hydrogens is 457 g/mol. The van der Waals surface area contributed by atoms with Crippen LogP contribution in [0.2, 0.25) is 10.3 Å². The summed E-state index contributed by atoms with van der Waals surface area (Å²) in [6.07, 6.45) is 3.48. The van der Waals surface area contributed by atoms with E-state index in [9.17, 15) is 5.26 Å². The van der Waals surface area contributed by atoms with Crippen molar-refractivity contribution in [3.8, 4) is 6.07 Å². The van der Waals surface area contributed by atoms with Crippen molar-refractivity contribution in [3.05, 3.63) is 57.4 Å². The van der Waals surface area contributed by atoms with Crippen LogP contribution in [0, 0.1) is 18.3 Å². The number of hydrogen-bond donors (Lipinski definition) is 1. The predicted molar refractivity (Wildman–Crippen MR) is 134 cm³/mol. The van der Waals surface area contributed by atoms with Gasteiger partial charge in [0.15, 0.2) is 5.65 Å². The molecule has 0 amide bonds. The molecule has 0 radical (unpaired) electrons. The number of nitriles is 1. The number of rotatable bonds is 9. The Bertz CT molecular complexity index is 1190. The van der Waals surface area contributed by atoms with E-state index in [1.54, 1.807) is 12.1 Å². The van der Waals surface area contributed by atoms with Gasteiger partial charge in [-0.05, 0) is 43.0 Å². The lowest BCUT2D eigenvalue weighted by atomic mass is 9.98. The lowest BCUT2D eigenvalue weighted by molar-refractivity contribution is 0.330. The first-order valence-electron chi connectivity index (χ1n) is 11.0. The van der Waals surface area contributed by atoms with Crippen LogP contribution in [0.15, 0.2) is 30.1 Å². The minimum Gasteiger partial charge on any atom is -0.352 e. The summed E-state index contributed by atoms with van der Waals surface area (Å²) in [4.78, 5) is 11.0. The first-order chi connectivity index (χ1) is 15.7. The predicted octanol–water partition coefficient (Wildman–Crippen LogP) is 6.18. The summed E-state index contributed by atoms with van der Waals surface area (Å²) in [6, 6.07) is 7.66. The van der Waals surface area contributed by atoms with E-state index in [1.165, 1.54) is 11.6 Å². The normalized spacial score (nSPS) is 11.8. The van der Waals surface area contributed by atoms with Crippen LogP contribution >= 0.6 is 23.2 Å². The van der Waals surface area contributed by atoms with Crippen LogP contribution in [0.4, 0.5) is 5.69 Å². The van der Waals surface area contributed by atoms with E-state index in [0.29, 0.717) is 24.0 Å². The summed E-state index contributed by atoms with van der Waals surface area (Å²) in [5, 5.41) is 19.0. The molecule has 0 aliphatic rings. The highest BCUT2D eigenvalue weighted by Crippen LogP contribution is 2.29. The monoisotopic (exact) mass is 485 g/mol. The first kappa shape index (κ1) is 24.8. The highest BCUT2D eigenvalue weighted by Gasteiger charge is 2.18. The van der Waals surface area contributed by atoms with Gasteiger partial charge in [-0.15, -0.1) is 0 Å². The number of nitrogens with one attached hydrogen (secondary N) is 1. The minimum absolute atomic E-state index is 0.279. The smallest absolute Gasteiger partial charge is 0.158 e. The molecule has 33 heavy (non-hydrogen) atoms. The molecule has 174 valence electrons. The maximum atomic E-state index is 9.48. The largest absolute Gasteiger partial charge is 0.352 e. The van der Waals surface area contributed by atoms with Gasteiger partial charge in [0.05, 0.1) is 30.1 Å². The molecule has 0 spiro atoms. The lowest BCUT2D eigenvalue weighted by Crippen LogP contribution is -2.28. The average molecular weight is 486 g/mol. The maximum Gasteiger partial charge on any atom is 0.158 e. The van der Waals surface area contributed by atoms with Gasteiger partial charge in [0, 0.05) is 24.7 Å². The SMILES string of the molecule is CCCCN(Cc1cc(C(C)C)c2c(C)nn(C)c2n1)/C(=C/C#N)Nc1cc(Cl)nc(Cl)c1. The first-order valence-corrected chi connectivity index (χ1v) is 11.8. The number of hydrogen-bond acceptors (Lipinski definition) is 6. The fraction of sp³-hybridized carbons (Fsp3) is 0.417. The van der Waals surface area contributed by atoms with Crippen LogP contribution in [-0.2, 0) is 13.6 Å².